The largest absolute Gasteiger partial charge is 0.386 e. The number of hydrogen-bond donors (Lipinski definition) is 2. The molecule has 0 atom stereocenters. The van der Waals surface area contributed by atoms with E-state index in [0.29, 0.717) is 26.1 Å². The molecule has 0 spiro atoms. The fourth-order valence-electron chi connectivity index (χ4n) is 2.27. The first-order chi connectivity index (χ1) is 8.97. The van der Waals surface area contributed by atoms with Crippen molar-refractivity contribution in [2.24, 2.45) is 5.73 Å². The van der Waals surface area contributed by atoms with Crippen LogP contribution in [0.3, 0.4) is 0 Å². The Morgan fingerprint density at radius 3 is 2.68 bits per heavy atom. The highest BCUT2D eigenvalue weighted by Gasteiger charge is 2.48. The fourth-order valence-corrected chi connectivity index (χ4v) is 3.92. The summed E-state index contributed by atoms with van der Waals surface area (Å²) in [5, 5.41) is 7.26. The predicted molar refractivity (Wildman–Crippen MR) is 74.5 cm³/mol. The third-order valence-electron chi connectivity index (χ3n) is 3.53. The van der Waals surface area contributed by atoms with E-state index in [-0.39, 0.29) is 5.75 Å². The molecule has 1 aliphatic heterocycles. The molecule has 108 valence electrons. The van der Waals surface area contributed by atoms with Gasteiger partial charge in [0.05, 0.1) is 17.6 Å². The van der Waals surface area contributed by atoms with Crippen LogP contribution in [0.1, 0.15) is 13.3 Å². The summed E-state index contributed by atoms with van der Waals surface area (Å²) in [6.07, 6.45) is 4.19. The summed E-state index contributed by atoms with van der Waals surface area (Å²) >= 11 is 0. The lowest BCUT2D eigenvalue weighted by Gasteiger charge is -2.48. The minimum atomic E-state index is -3.14. The molecule has 8 heteroatoms. The molecule has 1 aromatic rings. The van der Waals surface area contributed by atoms with Gasteiger partial charge in [0.2, 0.25) is 10.0 Å². The van der Waals surface area contributed by atoms with Crippen LogP contribution in [0.25, 0.3) is 0 Å². The number of nitrogens with one attached hydrogen (secondary N) is 1. The van der Waals surface area contributed by atoms with E-state index in [1.165, 1.54) is 4.31 Å². The first-order valence-electron chi connectivity index (χ1n) is 6.38. The molecular formula is C11H21N5O2S. The van der Waals surface area contributed by atoms with E-state index in [1.54, 1.807) is 10.9 Å². The van der Waals surface area contributed by atoms with E-state index in [4.69, 9.17) is 5.73 Å². The molecule has 2 heterocycles. The third-order valence-corrected chi connectivity index (χ3v) is 5.50. The smallest absolute Gasteiger partial charge is 0.214 e. The van der Waals surface area contributed by atoms with Crippen LogP contribution >= 0.6 is 0 Å². The molecule has 0 saturated carbocycles. The summed E-state index contributed by atoms with van der Waals surface area (Å²) in [5.74, 6) is 0.189. The molecule has 19 heavy (non-hydrogen) atoms. The van der Waals surface area contributed by atoms with Gasteiger partial charge in [0.1, 0.15) is 5.54 Å². The Bertz CT molecular complexity index is 533. The number of hydrogen-bond acceptors (Lipinski definition) is 5. The molecule has 0 amide bonds. The van der Waals surface area contributed by atoms with E-state index in [0.717, 1.165) is 5.69 Å². The van der Waals surface area contributed by atoms with E-state index in [2.05, 4.69) is 10.4 Å². The van der Waals surface area contributed by atoms with Gasteiger partial charge in [0, 0.05) is 32.9 Å². The Kier molecular flexibility index (Phi) is 3.84. The molecule has 1 fully saturated rings. The molecule has 0 bridgehead atoms. The SMILES string of the molecule is CCCS(=O)(=O)N1CC(CN)(n2cc(NC)cn2)C1. The molecular weight excluding hydrogens is 266 g/mol. The van der Waals surface area contributed by atoms with Gasteiger partial charge < -0.3 is 11.1 Å². The van der Waals surface area contributed by atoms with Gasteiger partial charge in [-0.2, -0.15) is 9.40 Å². The zero-order valence-corrected chi connectivity index (χ0v) is 12.2. The van der Waals surface area contributed by atoms with Crippen molar-refractivity contribution in [3.63, 3.8) is 0 Å². The van der Waals surface area contributed by atoms with Gasteiger partial charge in [-0.1, -0.05) is 6.92 Å². The molecule has 1 saturated heterocycles. The van der Waals surface area contributed by atoms with Gasteiger partial charge in [-0.05, 0) is 6.42 Å². The molecule has 1 aromatic heterocycles. The summed E-state index contributed by atoms with van der Waals surface area (Å²) in [5.41, 5.74) is 6.31. The van der Waals surface area contributed by atoms with Gasteiger partial charge in [-0.3, -0.25) is 4.68 Å². The van der Waals surface area contributed by atoms with Crippen molar-refractivity contribution >= 4 is 15.7 Å². The van der Waals surface area contributed by atoms with Crippen LogP contribution in [-0.4, -0.2) is 54.9 Å². The molecule has 3 N–H and O–H groups in total. The lowest BCUT2D eigenvalue weighted by Crippen LogP contribution is -2.67. The summed E-state index contributed by atoms with van der Waals surface area (Å²) in [6, 6.07) is 0. The highest BCUT2D eigenvalue weighted by molar-refractivity contribution is 7.89. The van der Waals surface area contributed by atoms with Crippen molar-refractivity contribution in [3.05, 3.63) is 12.4 Å². The van der Waals surface area contributed by atoms with Crippen LogP contribution in [0.15, 0.2) is 12.4 Å². The van der Waals surface area contributed by atoms with E-state index in [9.17, 15) is 8.42 Å². The molecule has 2 rings (SSSR count). The second-order valence-corrected chi connectivity index (χ2v) is 7.02. The highest BCUT2D eigenvalue weighted by Crippen LogP contribution is 2.31. The quantitative estimate of drug-likeness (QED) is 0.745. The maximum absolute atomic E-state index is 12.0. The molecule has 1 aliphatic rings. The highest BCUT2D eigenvalue weighted by atomic mass is 32.2. The van der Waals surface area contributed by atoms with Crippen LogP contribution in [0.4, 0.5) is 5.69 Å². The van der Waals surface area contributed by atoms with Crippen molar-refractivity contribution < 1.29 is 8.42 Å². The summed E-state index contributed by atoms with van der Waals surface area (Å²) in [6.45, 7) is 3.03. The van der Waals surface area contributed by atoms with Gasteiger partial charge in [-0.25, -0.2) is 8.42 Å². The number of anilines is 1. The van der Waals surface area contributed by atoms with Crippen LogP contribution < -0.4 is 11.1 Å². The Morgan fingerprint density at radius 1 is 1.53 bits per heavy atom. The summed E-state index contributed by atoms with van der Waals surface area (Å²) < 4.78 is 27.2. The normalized spacial score (nSPS) is 19.1. The third kappa shape index (κ3) is 2.47. The van der Waals surface area contributed by atoms with Gasteiger partial charge in [0.25, 0.3) is 0 Å². The van der Waals surface area contributed by atoms with Crippen molar-refractivity contribution in [1.82, 2.24) is 14.1 Å². The monoisotopic (exact) mass is 287 g/mol. The minimum Gasteiger partial charge on any atom is -0.386 e. The van der Waals surface area contributed by atoms with Crippen LogP contribution in [0.2, 0.25) is 0 Å². The number of nitrogens with two attached hydrogens (primary N) is 1. The molecule has 0 radical (unpaired) electrons. The lowest BCUT2D eigenvalue weighted by atomic mass is 9.93. The number of nitrogens with zero attached hydrogens (tertiary/aromatic N) is 3. The number of sulfonamides is 1. The first-order valence-corrected chi connectivity index (χ1v) is 7.99. The molecule has 0 unspecified atom stereocenters. The maximum atomic E-state index is 12.0. The minimum absolute atomic E-state index is 0.189. The number of aromatic nitrogens is 2. The van der Waals surface area contributed by atoms with E-state index < -0.39 is 15.6 Å². The average Bonchev–Trinajstić information content (AvgIpc) is 2.77. The summed E-state index contributed by atoms with van der Waals surface area (Å²) in [4.78, 5) is 0. The standard InChI is InChI=1S/C11H21N5O2S/c1-3-4-19(17,18)15-8-11(7-12,9-15)16-6-10(13-2)5-14-16/h5-6,13H,3-4,7-9,12H2,1-2H3. The van der Waals surface area contributed by atoms with Crippen molar-refractivity contribution in [1.29, 1.82) is 0 Å². The Labute approximate surface area is 113 Å². The topological polar surface area (TPSA) is 93.3 Å². The Morgan fingerprint density at radius 2 is 2.21 bits per heavy atom. The second-order valence-electron chi connectivity index (χ2n) is 4.94. The molecule has 0 aliphatic carbocycles. The zero-order valence-electron chi connectivity index (χ0n) is 11.3. The average molecular weight is 287 g/mol. The van der Waals surface area contributed by atoms with Crippen LogP contribution in [-0.2, 0) is 15.6 Å². The molecule has 0 aromatic carbocycles. The second kappa shape index (κ2) is 5.10. The van der Waals surface area contributed by atoms with Crippen LogP contribution in [0, 0.1) is 0 Å². The van der Waals surface area contributed by atoms with Crippen molar-refractivity contribution in [2.45, 2.75) is 18.9 Å². The number of rotatable bonds is 6. The maximum Gasteiger partial charge on any atom is 0.214 e. The Hall–Kier alpha value is -1.12. The van der Waals surface area contributed by atoms with Crippen molar-refractivity contribution in [3.8, 4) is 0 Å². The first kappa shape index (κ1) is 14.3. The van der Waals surface area contributed by atoms with E-state index in [1.807, 2.05) is 20.2 Å². The Balaban J connectivity index is 2.13. The van der Waals surface area contributed by atoms with Gasteiger partial charge in [0.15, 0.2) is 0 Å². The van der Waals surface area contributed by atoms with Crippen molar-refractivity contribution in [2.75, 3.05) is 37.8 Å². The summed E-state index contributed by atoms with van der Waals surface area (Å²) in [7, 11) is -1.33. The van der Waals surface area contributed by atoms with Gasteiger partial charge >= 0.3 is 0 Å². The van der Waals surface area contributed by atoms with Gasteiger partial charge in [-0.15, -0.1) is 0 Å². The van der Waals surface area contributed by atoms with E-state index >= 15 is 0 Å². The lowest BCUT2D eigenvalue weighted by molar-refractivity contribution is 0.0758. The molecule has 7 nitrogen and oxygen atoms in total. The van der Waals surface area contributed by atoms with Crippen LogP contribution in [0.5, 0.6) is 0 Å². The zero-order chi connectivity index (χ0) is 14.1. The fraction of sp³-hybridized carbons (Fsp3) is 0.727. The predicted octanol–water partition coefficient (Wildman–Crippen LogP) is -0.366.